The Labute approximate surface area is 196 Å². The summed E-state index contributed by atoms with van der Waals surface area (Å²) in [6, 6.07) is 4.53. The maximum Gasteiger partial charge on any atom is 0.414 e. The van der Waals surface area contributed by atoms with Crippen LogP contribution in [0, 0.1) is 0 Å². The zero-order valence-electron chi connectivity index (χ0n) is 21.1. The van der Waals surface area contributed by atoms with Gasteiger partial charge in [0, 0.05) is 24.5 Å². The number of anilines is 2. The smallest absolute Gasteiger partial charge is 0.414 e. The van der Waals surface area contributed by atoms with Crippen LogP contribution in [-0.4, -0.2) is 50.7 Å². The number of methoxy groups -OCH3 is 1. The van der Waals surface area contributed by atoms with E-state index in [-0.39, 0.29) is 5.91 Å². The first-order valence-electron chi connectivity index (χ1n) is 10.6. The van der Waals surface area contributed by atoms with Crippen molar-refractivity contribution in [1.29, 1.82) is 0 Å². The average Bonchev–Trinajstić information content (AvgIpc) is 2.75. The van der Waals surface area contributed by atoms with Crippen LogP contribution in [0.5, 0.6) is 5.75 Å². The number of hydrogen-bond donors (Lipinski definition) is 2. The summed E-state index contributed by atoms with van der Waals surface area (Å²) in [6.45, 7) is 14.3. The van der Waals surface area contributed by atoms with Gasteiger partial charge in [0.15, 0.2) is 0 Å². The molecule has 9 heteroatoms. The maximum absolute atomic E-state index is 13.4. The van der Waals surface area contributed by atoms with Crippen LogP contribution >= 0.6 is 0 Å². The van der Waals surface area contributed by atoms with Gasteiger partial charge in [-0.2, -0.15) is 0 Å². The molecule has 0 spiro atoms. The molecule has 0 fully saturated rings. The van der Waals surface area contributed by atoms with E-state index in [0.717, 1.165) is 0 Å². The van der Waals surface area contributed by atoms with E-state index in [1.807, 2.05) is 0 Å². The van der Waals surface area contributed by atoms with Crippen molar-refractivity contribution in [2.45, 2.75) is 53.2 Å². The molecule has 33 heavy (non-hydrogen) atoms. The Balaban J connectivity index is 3.76. The molecule has 0 aliphatic rings. The number of hydrogen-bond acceptors (Lipinski definition) is 7. The highest BCUT2D eigenvalue weighted by molar-refractivity contribution is 6.24. The van der Waals surface area contributed by atoms with Crippen LogP contribution in [0.4, 0.5) is 16.2 Å². The molecule has 0 saturated heterocycles. The topological polar surface area (TPSA) is 109 Å². The summed E-state index contributed by atoms with van der Waals surface area (Å²) >= 11 is 0. The van der Waals surface area contributed by atoms with Crippen LogP contribution in [0.3, 0.4) is 0 Å². The number of amidine groups is 1. The van der Waals surface area contributed by atoms with Gasteiger partial charge in [-0.1, -0.05) is 6.58 Å². The number of amides is 2. The van der Waals surface area contributed by atoms with E-state index >= 15 is 0 Å². The van der Waals surface area contributed by atoms with Gasteiger partial charge in [-0.05, 0) is 66.8 Å². The van der Waals surface area contributed by atoms with E-state index in [4.69, 9.17) is 15.2 Å². The normalized spacial score (nSPS) is 13.5. The molecule has 1 aromatic carbocycles. The van der Waals surface area contributed by atoms with Crippen molar-refractivity contribution in [2.75, 3.05) is 31.0 Å². The maximum atomic E-state index is 13.4. The van der Waals surface area contributed by atoms with E-state index in [2.05, 4.69) is 16.9 Å². The van der Waals surface area contributed by atoms with Gasteiger partial charge in [-0.3, -0.25) is 14.6 Å². The largest absolute Gasteiger partial charge is 0.495 e. The highest BCUT2D eigenvalue weighted by Gasteiger charge is 2.29. The Morgan fingerprint density at radius 1 is 1.27 bits per heavy atom. The molecule has 0 aromatic heterocycles. The minimum Gasteiger partial charge on any atom is -0.495 e. The van der Waals surface area contributed by atoms with Crippen LogP contribution < -0.4 is 25.6 Å². The molecule has 1 aromatic rings. The van der Waals surface area contributed by atoms with Crippen molar-refractivity contribution < 1.29 is 19.1 Å². The Kier molecular flexibility index (Phi) is 9.66. The standard InChI is InChI=1S/C24H37N5O4/c1-11-27-21(15(2)16(3)25)29(22(30)17(4)26-8)18-12-13-20(32-10)19(14-18)28(9)23(31)33-24(5,6)7/h11-14,17,26H,1,25H2,2-10H3/b16-15+,27-21?. The monoisotopic (exact) mass is 459 g/mol. The number of carbonyl (C=O) groups is 2. The molecule has 2 amide bonds. The lowest BCUT2D eigenvalue weighted by Gasteiger charge is -2.30. The van der Waals surface area contributed by atoms with E-state index in [1.165, 1.54) is 23.1 Å². The number of likely N-dealkylation sites (N-methyl/N-ethyl adjacent to an activating group) is 1. The molecule has 0 bridgehead atoms. The Hall–Kier alpha value is -3.33. The first-order valence-corrected chi connectivity index (χ1v) is 10.6. The summed E-state index contributed by atoms with van der Waals surface area (Å²) in [6.07, 6.45) is 0.789. The molecule has 0 radical (unpaired) electrons. The molecule has 182 valence electrons. The number of ether oxygens (including phenoxy) is 2. The van der Waals surface area contributed by atoms with E-state index in [0.29, 0.717) is 34.2 Å². The summed E-state index contributed by atoms with van der Waals surface area (Å²) in [4.78, 5) is 33.3. The minimum absolute atomic E-state index is 0.269. The predicted octanol–water partition coefficient (Wildman–Crippen LogP) is 3.80. The second kappa shape index (κ2) is 11.5. The highest BCUT2D eigenvalue weighted by atomic mass is 16.6. The van der Waals surface area contributed by atoms with Crippen LogP contribution in [0.2, 0.25) is 0 Å². The van der Waals surface area contributed by atoms with E-state index in [1.54, 1.807) is 73.8 Å². The van der Waals surface area contributed by atoms with Crippen molar-refractivity contribution in [2.24, 2.45) is 10.7 Å². The van der Waals surface area contributed by atoms with Gasteiger partial charge in [0.25, 0.3) is 0 Å². The second-order valence-corrected chi connectivity index (χ2v) is 8.52. The first-order chi connectivity index (χ1) is 15.3. The van der Waals surface area contributed by atoms with Crippen LogP contribution in [0.1, 0.15) is 41.5 Å². The number of allylic oxidation sites excluding steroid dienone is 1. The van der Waals surface area contributed by atoms with Gasteiger partial charge >= 0.3 is 6.09 Å². The number of benzene rings is 1. The Morgan fingerprint density at radius 3 is 2.33 bits per heavy atom. The number of carbonyl (C=O) groups excluding carboxylic acids is 2. The zero-order valence-corrected chi connectivity index (χ0v) is 21.1. The molecule has 0 aliphatic heterocycles. The van der Waals surface area contributed by atoms with Crippen LogP contribution in [-0.2, 0) is 9.53 Å². The minimum atomic E-state index is -0.676. The number of nitrogens with zero attached hydrogens (tertiary/aromatic N) is 3. The molecular weight excluding hydrogens is 422 g/mol. The zero-order chi connectivity index (χ0) is 25.5. The summed E-state index contributed by atoms with van der Waals surface area (Å²) in [5, 5.41) is 2.96. The Bertz CT molecular complexity index is 943. The third-order valence-corrected chi connectivity index (χ3v) is 4.83. The van der Waals surface area contributed by atoms with Gasteiger partial charge in [-0.15, -0.1) is 0 Å². The van der Waals surface area contributed by atoms with Gasteiger partial charge in [-0.25, -0.2) is 9.79 Å². The van der Waals surface area contributed by atoms with Crippen molar-refractivity contribution >= 4 is 29.2 Å². The van der Waals surface area contributed by atoms with Crippen LogP contribution in [0.15, 0.2) is 47.2 Å². The summed E-state index contributed by atoms with van der Waals surface area (Å²) in [7, 11) is 4.77. The number of nitrogens with two attached hydrogens (primary N) is 1. The molecule has 0 aliphatic carbocycles. The fraction of sp³-hybridized carbons (Fsp3) is 0.458. The van der Waals surface area contributed by atoms with Gasteiger partial charge in [0.1, 0.15) is 17.2 Å². The van der Waals surface area contributed by atoms with Crippen LogP contribution in [0.25, 0.3) is 0 Å². The van der Waals surface area contributed by atoms with E-state index in [9.17, 15) is 9.59 Å². The molecular formula is C24H37N5O4. The summed E-state index contributed by atoms with van der Waals surface area (Å²) in [5.41, 5.74) is 7.37. The van der Waals surface area contributed by atoms with E-state index < -0.39 is 17.7 Å². The van der Waals surface area contributed by atoms with Crippen molar-refractivity contribution in [3.8, 4) is 5.75 Å². The quantitative estimate of drug-likeness (QED) is 0.474. The fourth-order valence-electron chi connectivity index (χ4n) is 2.76. The third-order valence-electron chi connectivity index (χ3n) is 4.83. The molecule has 1 rings (SSSR count). The van der Waals surface area contributed by atoms with Crippen molar-refractivity contribution in [1.82, 2.24) is 5.32 Å². The molecule has 1 atom stereocenters. The number of nitrogens with one attached hydrogen (secondary N) is 1. The Morgan fingerprint density at radius 2 is 1.88 bits per heavy atom. The lowest BCUT2D eigenvalue weighted by molar-refractivity contribution is -0.119. The van der Waals surface area contributed by atoms with Gasteiger partial charge < -0.3 is 20.5 Å². The van der Waals surface area contributed by atoms with Gasteiger partial charge in [0.05, 0.1) is 24.5 Å². The summed E-state index contributed by atoms with van der Waals surface area (Å²) in [5.74, 6) is 0.494. The predicted molar refractivity (Wildman–Crippen MR) is 134 cm³/mol. The van der Waals surface area contributed by atoms with Crippen molar-refractivity contribution in [3.63, 3.8) is 0 Å². The number of rotatable bonds is 7. The molecule has 0 saturated carbocycles. The first kappa shape index (κ1) is 27.7. The molecule has 9 nitrogen and oxygen atoms in total. The third kappa shape index (κ3) is 7.08. The highest BCUT2D eigenvalue weighted by Crippen LogP contribution is 2.34. The molecule has 3 N–H and O–H groups in total. The average molecular weight is 460 g/mol. The molecule has 0 heterocycles. The lowest BCUT2D eigenvalue weighted by Crippen LogP contribution is -2.47. The lowest BCUT2D eigenvalue weighted by atomic mass is 10.1. The second-order valence-electron chi connectivity index (χ2n) is 8.52. The van der Waals surface area contributed by atoms with Crippen molar-refractivity contribution in [3.05, 3.63) is 42.2 Å². The summed E-state index contributed by atoms with van der Waals surface area (Å²) < 4.78 is 11.0. The molecule has 1 unspecified atom stereocenters. The SMILES string of the molecule is C=CN=C(/C(C)=C(\C)N)N(C(=O)C(C)NC)c1ccc(OC)c(N(C)C(=O)OC(C)(C)C)c1. The fourth-order valence-corrected chi connectivity index (χ4v) is 2.76. The van der Waals surface area contributed by atoms with Gasteiger partial charge in [0.2, 0.25) is 5.91 Å². The number of aliphatic imine (C=N–C) groups is 1.